The lowest BCUT2D eigenvalue weighted by Crippen LogP contribution is -2.40. The molecule has 3 rings (SSSR count). The summed E-state index contributed by atoms with van der Waals surface area (Å²) in [5.41, 5.74) is 0.965. The molecule has 5 nitrogen and oxygen atoms in total. The number of benzene rings is 1. The number of carbonyl (C=O) groups excluding carboxylic acids is 2. The first-order valence-electron chi connectivity index (χ1n) is 6.49. The summed E-state index contributed by atoms with van der Waals surface area (Å²) in [7, 11) is 0. The monoisotopic (exact) mass is 260 g/mol. The van der Waals surface area contributed by atoms with Crippen LogP contribution in [0.5, 0.6) is 0 Å². The minimum Gasteiger partial charge on any atom is -0.445 e. The number of fused-ring (bicyclic) bond motifs is 2. The van der Waals surface area contributed by atoms with Gasteiger partial charge >= 0.3 is 6.09 Å². The number of nitrogens with zero attached hydrogens (tertiary/aromatic N) is 1. The van der Waals surface area contributed by atoms with Crippen LogP contribution >= 0.6 is 0 Å². The average Bonchev–Trinajstić information content (AvgIpc) is 2.72. The lowest BCUT2D eigenvalue weighted by molar-refractivity contribution is -0.123. The first-order chi connectivity index (χ1) is 9.22. The molecule has 2 aliphatic heterocycles. The quantitative estimate of drug-likeness (QED) is 0.871. The van der Waals surface area contributed by atoms with Crippen molar-refractivity contribution in [3.8, 4) is 0 Å². The molecule has 1 aromatic rings. The Labute approximate surface area is 111 Å². The van der Waals surface area contributed by atoms with Crippen LogP contribution < -0.4 is 5.32 Å². The van der Waals surface area contributed by atoms with E-state index in [2.05, 4.69) is 5.32 Å². The molecule has 0 aliphatic carbocycles. The highest BCUT2D eigenvalue weighted by Gasteiger charge is 2.41. The summed E-state index contributed by atoms with van der Waals surface area (Å²) in [6.45, 7) is 0.832. The Balaban J connectivity index is 1.58. The van der Waals surface area contributed by atoms with Crippen LogP contribution in [0, 0.1) is 0 Å². The molecule has 0 spiro atoms. The van der Waals surface area contributed by atoms with E-state index in [1.165, 1.54) is 0 Å². The van der Waals surface area contributed by atoms with Crippen molar-refractivity contribution in [1.82, 2.24) is 10.2 Å². The number of hydrogen-bond acceptors (Lipinski definition) is 3. The van der Waals surface area contributed by atoms with Crippen LogP contribution in [0.15, 0.2) is 30.3 Å². The molecule has 19 heavy (non-hydrogen) atoms. The van der Waals surface area contributed by atoms with Gasteiger partial charge in [0.15, 0.2) is 0 Å². The first kappa shape index (κ1) is 12.0. The molecule has 1 aromatic carbocycles. The zero-order valence-electron chi connectivity index (χ0n) is 10.5. The standard InChI is InChI=1S/C14H16N2O3/c17-13-7-12-6-11(15-13)8-16(12)14(18)19-9-10-4-2-1-3-5-10/h1-5,11-12H,6-9H2,(H,15,17)/t11-,12-/m0/s1. The molecule has 2 atom stereocenters. The summed E-state index contributed by atoms with van der Waals surface area (Å²) < 4.78 is 5.30. The molecule has 5 heteroatoms. The minimum absolute atomic E-state index is 0.00187. The maximum Gasteiger partial charge on any atom is 0.410 e. The van der Waals surface area contributed by atoms with Crippen molar-refractivity contribution >= 4 is 12.0 Å². The Hall–Kier alpha value is -2.04. The number of piperidine rings is 1. The van der Waals surface area contributed by atoms with Crippen molar-refractivity contribution in [3.63, 3.8) is 0 Å². The molecule has 100 valence electrons. The maximum absolute atomic E-state index is 12.0. The van der Waals surface area contributed by atoms with E-state index in [-0.39, 0.29) is 30.7 Å². The largest absolute Gasteiger partial charge is 0.445 e. The van der Waals surface area contributed by atoms with Crippen molar-refractivity contribution in [1.29, 1.82) is 0 Å². The van der Waals surface area contributed by atoms with E-state index in [4.69, 9.17) is 4.74 Å². The third kappa shape index (κ3) is 2.54. The Bertz CT molecular complexity index is 489. The third-order valence-electron chi connectivity index (χ3n) is 3.64. The normalized spacial score (nSPS) is 25.1. The van der Waals surface area contributed by atoms with E-state index in [1.54, 1.807) is 4.90 Å². The lowest BCUT2D eigenvalue weighted by atomic mass is 10.0. The highest BCUT2D eigenvalue weighted by molar-refractivity contribution is 5.80. The van der Waals surface area contributed by atoms with Gasteiger partial charge in [0.05, 0.1) is 0 Å². The van der Waals surface area contributed by atoms with E-state index < -0.39 is 0 Å². The highest BCUT2D eigenvalue weighted by Crippen LogP contribution is 2.25. The number of hydrogen-bond donors (Lipinski definition) is 1. The van der Waals surface area contributed by atoms with Crippen LogP contribution in [0.25, 0.3) is 0 Å². The Morgan fingerprint density at radius 2 is 2.16 bits per heavy atom. The van der Waals surface area contributed by atoms with E-state index in [9.17, 15) is 9.59 Å². The Morgan fingerprint density at radius 3 is 2.95 bits per heavy atom. The van der Waals surface area contributed by atoms with E-state index in [0.717, 1.165) is 12.0 Å². The van der Waals surface area contributed by atoms with Gasteiger partial charge in [-0.05, 0) is 12.0 Å². The molecule has 2 bridgehead atoms. The van der Waals surface area contributed by atoms with Gasteiger partial charge in [0.25, 0.3) is 0 Å². The van der Waals surface area contributed by atoms with Gasteiger partial charge in [-0.1, -0.05) is 30.3 Å². The predicted molar refractivity (Wildman–Crippen MR) is 68.3 cm³/mol. The molecule has 1 N–H and O–H groups in total. The fourth-order valence-electron chi connectivity index (χ4n) is 2.74. The summed E-state index contributed by atoms with van der Waals surface area (Å²) in [4.78, 5) is 25.1. The molecule has 2 fully saturated rings. The van der Waals surface area contributed by atoms with Crippen LogP contribution in [-0.2, 0) is 16.1 Å². The van der Waals surface area contributed by atoms with Crippen molar-refractivity contribution < 1.29 is 14.3 Å². The lowest BCUT2D eigenvalue weighted by Gasteiger charge is -2.23. The average molecular weight is 260 g/mol. The topological polar surface area (TPSA) is 58.6 Å². The smallest absolute Gasteiger partial charge is 0.410 e. The first-order valence-corrected chi connectivity index (χ1v) is 6.49. The molecule has 2 saturated heterocycles. The molecular weight excluding hydrogens is 244 g/mol. The van der Waals surface area contributed by atoms with Crippen LogP contribution in [0.2, 0.25) is 0 Å². The SMILES string of the molecule is O=C1C[C@@H]2C[C@@H](CN2C(=O)OCc2ccccc2)N1. The summed E-state index contributed by atoms with van der Waals surface area (Å²) in [5, 5.41) is 2.88. The van der Waals surface area contributed by atoms with Crippen molar-refractivity contribution in [2.75, 3.05) is 6.54 Å². The number of carbonyl (C=O) groups is 2. The number of likely N-dealkylation sites (tertiary alicyclic amines) is 1. The number of rotatable bonds is 2. The van der Waals surface area contributed by atoms with Gasteiger partial charge in [-0.3, -0.25) is 4.79 Å². The fourth-order valence-corrected chi connectivity index (χ4v) is 2.74. The molecule has 2 aliphatic rings. The van der Waals surface area contributed by atoms with Crippen LogP contribution in [0.3, 0.4) is 0 Å². The van der Waals surface area contributed by atoms with Gasteiger partial charge in [-0.25, -0.2) is 4.79 Å². The zero-order valence-corrected chi connectivity index (χ0v) is 10.5. The third-order valence-corrected chi connectivity index (χ3v) is 3.64. The zero-order chi connectivity index (χ0) is 13.2. The van der Waals surface area contributed by atoms with Gasteiger partial charge in [-0.15, -0.1) is 0 Å². The van der Waals surface area contributed by atoms with Gasteiger partial charge in [0, 0.05) is 25.0 Å². The summed E-state index contributed by atoms with van der Waals surface area (Å²) in [5.74, 6) is 0.0274. The number of amides is 2. The fraction of sp³-hybridized carbons (Fsp3) is 0.429. The van der Waals surface area contributed by atoms with Crippen molar-refractivity contribution in [3.05, 3.63) is 35.9 Å². The second kappa shape index (κ2) is 4.91. The second-order valence-electron chi connectivity index (χ2n) is 5.05. The number of ether oxygens (including phenoxy) is 1. The van der Waals surface area contributed by atoms with Gasteiger partial charge in [0.1, 0.15) is 6.61 Å². The maximum atomic E-state index is 12.0. The van der Waals surface area contributed by atoms with Gasteiger partial charge < -0.3 is 15.0 Å². The second-order valence-corrected chi connectivity index (χ2v) is 5.05. The molecule has 0 aromatic heterocycles. The molecular formula is C14H16N2O3. The van der Waals surface area contributed by atoms with E-state index in [1.807, 2.05) is 30.3 Å². The Morgan fingerprint density at radius 1 is 1.37 bits per heavy atom. The summed E-state index contributed by atoms with van der Waals surface area (Å²) in [6, 6.07) is 9.68. The molecule has 2 amide bonds. The van der Waals surface area contributed by atoms with Crippen LogP contribution in [0.1, 0.15) is 18.4 Å². The minimum atomic E-state index is -0.326. The van der Waals surface area contributed by atoms with Gasteiger partial charge in [0.2, 0.25) is 5.91 Å². The van der Waals surface area contributed by atoms with Gasteiger partial charge in [-0.2, -0.15) is 0 Å². The number of nitrogens with one attached hydrogen (secondary N) is 1. The molecule has 2 heterocycles. The Kier molecular flexibility index (Phi) is 3.11. The van der Waals surface area contributed by atoms with E-state index >= 15 is 0 Å². The predicted octanol–water partition coefficient (Wildman–Crippen LogP) is 1.29. The van der Waals surface area contributed by atoms with Crippen LogP contribution in [-0.4, -0.2) is 35.5 Å². The van der Waals surface area contributed by atoms with Crippen molar-refractivity contribution in [2.24, 2.45) is 0 Å². The molecule has 0 radical (unpaired) electrons. The highest BCUT2D eigenvalue weighted by atomic mass is 16.6. The molecule has 0 unspecified atom stereocenters. The van der Waals surface area contributed by atoms with E-state index in [0.29, 0.717) is 13.0 Å². The van der Waals surface area contributed by atoms with Crippen molar-refractivity contribution in [2.45, 2.75) is 31.5 Å². The summed E-state index contributed by atoms with van der Waals surface area (Å²) in [6.07, 6.45) is 0.899. The summed E-state index contributed by atoms with van der Waals surface area (Å²) >= 11 is 0. The van der Waals surface area contributed by atoms with Crippen LogP contribution in [0.4, 0.5) is 4.79 Å². The molecule has 0 saturated carbocycles.